The van der Waals surface area contributed by atoms with Crippen LogP contribution in [0.2, 0.25) is 0 Å². The lowest BCUT2D eigenvalue weighted by molar-refractivity contribution is -0.112. The van der Waals surface area contributed by atoms with Crippen LogP contribution in [0, 0.1) is 29.1 Å². The van der Waals surface area contributed by atoms with E-state index in [4.69, 9.17) is 4.42 Å². The number of hydrogen-bond donors (Lipinski definition) is 0. The van der Waals surface area contributed by atoms with E-state index in [1.54, 1.807) is 0 Å². The number of aromatic nitrogens is 2. The highest BCUT2D eigenvalue weighted by molar-refractivity contribution is 5.53. The van der Waals surface area contributed by atoms with Crippen LogP contribution in [0.5, 0.6) is 0 Å². The molecule has 29 heavy (non-hydrogen) atoms. The summed E-state index contributed by atoms with van der Waals surface area (Å²) in [4.78, 5) is 11.0. The summed E-state index contributed by atoms with van der Waals surface area (Å²) in [7, 11) is 0. The van der Waals surface area contributed by atoms with E-state index in [0.29, 0.717) is 23.2 Å². The van der Waals surface area contributed by atoms with Crippen LogP contribution in [0.3, 0.4) is 0 Å². The molecule has 0 atom stereocenters. The lowest BCUT2D eigenvalue weighted by Crippen LogP contribution is -2.25. The standard InChI is InChI=1S/C25H40N2O2/c1-25(2,3)22-14-12-21(13-15-22)24-27-26-23(29-24)20-10-8-19(9-11-20)18-6-4-17(16-28)5-7-18/h16-22H,4-15H2,1-3H3. The first-order valence-electron chi connectivity index (χ1n) is 12.2. The van der Waals surface area contributed by atoms with E-state index >= 15 is 0 Å². The second-order valence-corrected chi connectivity index (χ2v) is 11.3. The SMILES string of the molecule is CC(C)(C)C1CCC(c2nnc(C3CCC(C4CCC(C=O)CC4)CC3)o2)CC1. The summed E-state index contributed by atoms with van der Waals surface area (Å²) in [6.07, 6.45) is 15.8. The van der Waals surface area contributed by atoms with Gasteiger partial charge in [-0.05, 0) is 100 Å². The van der Waals surface area contributed by atoms with Gasteiger partial charge >= 0.3 is 0 Å². The van der Waals surface area contributed by atoms with Crippen LogP contribution in [-0.2, 0) is 4.79 Å². The Morgan fingerprint density at radius 1 is 0.724 bits per heavy atom. The van der Waals surface area contributed by atoms with E-state index in [9.17, 15) is 4.79 Å². The maximum atomic E-state index is 11.0. The van der Waals surface area contributed by atoms with E-state index in [1.807, 2.05) is 0 Å². The minimum Gasteiger partial charge on any atom is -0.425 e. The summed E-state index contributed by atoms with van der Waals surface area (Å²) in [6.45, 7) is 7.10. The molecule has 0 saturated heterocycles. The average molecular weight is 401 g/mol. The van der Waals surface area contributed by atoms with Crippen LogP contribution in [0.4, 0.5) is 0 Å². The van der Waals surface area contributed by atoms with E-state index < -0.39 is 0 Å². The van der Waals surface area contributed by atoms with Gasteiger partial charge in [-0.25, -0.2) is 0 Å². The number of hydrogen-bond acceptors (Lipinski definition) is 4. The summed E-state index contributed by atoms with van der Waals surface area (Å²) in [5.74, 6) is 5.57. The molecule has 0 spiro atoms. The van der Waals surface area contributed by atoms with Crippen molar-refractivity contribution in [1.82, 2.24) is 10.2 Å². The fourth-order valence-electron chi connectivity index (χ4n) is 6.37. The van der Waals surface area contributed by atoms with Crippen molar-refractivity contribution in [2.75, 3.05) is 0 Å². The smallest absolute Gasteiger partial charge is 0.219 e. The summed E-state index contributed by atoms with van der Waals surface area (Å²) in [5, 5.41) is 8.97. The minimum absolute atomic E-state index is 0.331. The Labute approximate surface area is 176 Å². The first kappa shape index (κ1) is 21.1. The van der Waals surface area contributed by atoms with Gasteiger partial charge in [0.15, 0.2) is 0 Å². The molecule has 162 valence electrons. The molecule has 0 unspecified atom stereocenters. The number of nitrogens with zero attached hydrogens (tertiary/aromatic N) is 2. The third kappa shape index (κ3) is 4.94. The fourth-order valence-corrected chi connectivity index (χ4v) is 6.37. The van der Waals surface area contributed by atoms with Crippen LogP contribution in [0.25, 0.3) is 0 Å². The lowest BCUT2D eigenvalue weighted by Gasteiger charge is -2.36. The first-order valence-corrected chi connectivity index (χ1v) is 12.2. The molecule has 3 aliphatic carbocycles. The molecule has 1 aromatic rings. The zero-order chi connectivity index (χ0) is 20.4. The van der Waals surface area contributed by atoms with Gasteiger partial charge in [0.1, 0.15) is 6.29 Å². The van der Waals surface area contributed by atoms with Gasteiger partial charge in [-0.3, -0.25) is 0 Å². The molecule has 0 bridgehead atoms. The zero-order valence-corrected chi connectivity index (χ0v) is 18.7. The maximum Gasteiger partial charge on any atom is 0.219 e. The highest BCUT2D eigenvalue weighted by atomic mass is 16.4. The van der Waals surface area contributed by atoms with Crippen molar-refractivity contribution in [3.8, 4) is 0 Å². The van der Waals surface area contributed by atoms with Crippen LogP contribution in [-0.4, -0.2) is 16.5 Å². The van der Waals surface area contributed by atoms with Gasteiger partial charge in [0.25, 0.3) is 0 Å². The van der Waals surface area contributed by atoms with Gasteiger partial charge in [-0.2, -0.15) is 0 Å². The summed E-state index contributed by atoms with van der Waals surface area (Å²) in [6, 6.07) is 0. The van der Waals surface area contributed by atoms with E-state index in [1.165, 1.54) is 70.5 Å². The van der Waals surface area contributed by atoms with Crippen molar-refractivity contribution >= 4 is 6.29 Å². The van der Waals surface area contributed by atoms with Crippen molar-refractivity contribution in [2.24, 2.45) is 29.1 Å². The van der Waals surface area contributed by atoms with Gasteiger partial charge in [-0.15, -0.1) is 10.2 Å². The third-order valence-corrected chi connectivity index (χ3v) is 8.55. The second-order valence-electron chi connectivity index (χ2n) is 11.3. The monoisotopic (exact) mass is 400 g/mol. The molecule has 3 saturated carbocycles. The molecule has 0 aliphatic heterocycles. The normalized spacial score (nSPS) is 36.7. The van der Waals surface area contributed by atoms with Crippen LogP contribution in [0.15, 0.2) is 4.42 Å². The molecule has 0 radical (unpaired) electrons. The molecular weight excluding hydrogens is 360 g/mol. The molecule has 4 heteroatoms. The second kappa shape index (κ2) is 8.89. The van der Waals surface area contributed by atoms with Crippen molar-refractivity contribution in [3.05, 3.63) is 11.8 Å². The first-order chi connectivity index (χ1) is 13.9. The molecule has 3 fully saturated rings. The van der Waals surface area contributed by atoms with Crippen molar-refractivity contribution in [3.63, 3.8) is 0 Å². The van der Waals surface area contributed by atoms with Gasteiger partial charge in [0.05, 0.1) is 0 Å². The highest BCUT2D eigenvalue weighted by Gasteiger charge is 2.35. The fraction of sp³-hybridized carbons (Fsp3) is 0.880. The predicted octanol–water partition coefficient (Wildman–Crippen LogP) is 6.67. The Morgan fingerprint density at radius 2 is 1.17 bits per heavy atom. The van der Waals surface area contributed by atoms with Crippen LogP contribution < -0.4 is 0 Å². The van der Waals surface area contributed by atoms with Gasteiger partial charge in [-0.1, -0.05) is 20.8 Å². The molecule has 3 aliphatic rings. The molecule has 0 amide bonds. The molecule has 4 rings (SSSR count). The number of carbonyl (C=O) groups excluding carboxylic acids is 1. The number of carbonyl (C=O) groups is 1. The Hall–Kier alpha value is -1.19. The summed E-state index contributed by atoms with van der Waals surface area (Å²) < 4.78 is 6.23. The quantitative estimate of drug-likeness (QED) is 0.530. The Kier molecular flexibility index (Phi) is 6.46. The molecule has 4 nitrogen and oxygen atoms in total. The summed E-state index contributed by atoms with van der Waals surface area (Å²) >= 11 is 0. The van der Waals surface area contributed by atoms with E-state index in [0.717, 1.165) is 42.4 Å². The van der Waals surface area contributed by atoms with E-state index in [-0.39, 0.29) is 0 Å². The Morgan fingerprint density at radius 3 is 1.62 bits per heavy atom. The largest absolute Gasteiger partial charge is 0.425 e. The Bertz CT molecular complexity index is 653. The van der Waals surface area contributed by atoms with Gasteiger partial charge < -0.3 is 9.21 Å². The zero-order valence-electron chi connectivity index (χ0n) is 18.7. The summed E-state index contributed by atoms with van der Waals surface area (Å²) in [5.41, 5.74) is 0.413. The predicted molar refractivity (Wildman–Crippen MR) is 115 cm³/mol. The highest BCUT2D eigenvalue weighted by Crippen LogP contribution is 2.45. The number of aldehydes is 1. The van der Waals surface area contributed by atoms with Crippen LogP contribution >= 0.6 is 0 Å². The van der Waals surface area contributed by atoms with Crippen molar-refractivity contribution < 1.29 is 9.21 Å². The minimum atomic E-state index is 0.331. The van der Waals surface area contributed by atoms with Gasteiger partial charge in [0, 0.05) is 17.8 Å². The molecule has 1 aromatic heterocycles. The van der Waals surface area contributed by atoms with E-state index in [2.05, 4.69) is 31.0 Å². The topological polar surface area (TPSA) is 56.0 Å². The molecule has 0 aromatic carbocycles. The van der Waals surface area contributed by atoms with Gasteiger partial charge in [0.2, 0.25) is 11.8 Å². The Balaban J connectivity index is 1.26. The maximum absolute atomic E-state index is 11.0. The molecule has 0 N–H and O–H groups in total. The lowest BCUT2D eigenvalue weighted by atomic mass is 9.69. The van der Waals surface area contributed by atoms with Crippen molar-refractivity contribution in [1.29, 1.82) is 0 Å². The van der Waals surface area contributed by atoms with Crippen LogP contribution in [0.1, 0.15) is 121 Å². The molecular formula is C25H40N2O2. The molecule has 1 heterocycles. The average Bonchev–Trinajstić information content (AvgIpc) is 3.24. The third-order valence-electron chi connectivity index (χ3n) is 8.55. The van der Waals surface area contributed by atoms with Crippen molar-refractivity contribution in [2.45, 2.75) is 110 Å². The number of rotatable bonds is 4.